The number of benzene rings is 2. The van der Waals surface area contributed by atoms with Gasteiger partial charge in [0.1, 0.15) is 5.69 Å². The van der Waals surface area contributed by atoms with Crippen molar-refractivity contribution in [2.45, 2.75) is 26.7 Å². The van der Waals surface area contributed by atoms with Crippen LogP contribution >= 0.6 is 0 Å². The summed E-state index contributed by atoms with van der Waals surface area (Å²) in [6.45, 7) is 5.67. The van der Waals surface area contributed by atoms with E-state index in [1.54, 1.807) is 36.5 Å². The van der Waals surface area contributed by atoms with Crippen LogP contribution in [0.5, 0.6) is 0 Å². The van der Waals surface area contributed by atoms with E-state index in [2.05, 4.69) is 39.8 Å². The number of nitrogens with zero attached hydrogens (tertiary/aromatic N) is 2. The predicted octanol–water partition coefficient (Wildman–Crippen LogP) is 4.55. The fraction of sp³-hybridized carbons (Fsp3) is 0.182. The van der Waals surface area contributed by atoms with Gasteiger partial charge in [0, 0.05) is 30.2 Å². The Hall–Kier alpha value is -3.74. The van der Waals surface area contributed by atoms with Gasteiger partial charge in [0.05, 0.1) is 0 Å². The van der Waals surface area contributed by atoms with Crippen LogP contribution in [0.3, 0.4) is 0 Å². The summed E-state index contributed by atoms with van der Waals surface area (Å²) in [7, 11) is 0. The average molecular weight is 389 g/mol. The number of para-hydroxylation sites is 1. The topological polar surface area (TPSA) is 96.0 Å². The van der Waals surface area contributed by atoms with Gasteiger partial charge in [-0.15, -0.1) is 0 Å². The van der Waals surface area contributed by atoms with E-state index >= 15 is 0 Å². The largest absolute Gasteiger partial charge is 0.326 e. The van der Waals surface area contributed by atoms with E-state index in [1.807, 2.05) is 24.3 Å². The fourth-order valence-corrected chi connectivity index (χ4v) is 2.82. The maximum Gasteiger partial charge on any atom is 0.274 e. The summed E-state index contributed by atoms with van der Waals surface area (Å²) in [6, 6.07) is 16.3. The first-order valence-corrected chi connectivity index (χ1v) is 9.30. The van der Waals surface area contributed by atoms with Gasteiger partial charge in [0.25, 0.3) is 5.91 Å². The molecule has 2 aromatic carbocycles. The Morgan fingerprint density at radius 2 is 1.55 bits per heavy atom. The minimum atomic E-state index is -0.347. The van der Waals surface area contributed by atoms with Crippen LogP contribution in [0.4, 0.5) is 23.0 Å². The van der Waals surface area contributed by atoms with Crippen molar-refractivity contribution < 1.29 is 9.59 Å². The highest BCUT2D eigenvalue weighted by Crippen LogP contribution is 2.25. The zero-order valence-corrected chi connectivity index (χ0v) is 16.6. The molecular weight excluding hydrogens is 366 g/mol. The average Bonchev–Trinajstić information content (AvgIpc) is 2.69. The van der Waals surface area contributed by atoms with E-state index in [9.17, 15) is 9.59 Å². The molecular formula is C22H23N5O2. The van der Waals surface area contributed by atoms with E-state index in [4.69, 9.17) is 0 Å². The van der Waals surface area contributed by atoms with E-state index in [0.717, 1.165) is 11.3 Å². The number of amides is 2. The van der Waals surface area contributed by atoms with Crippen molar-refractivity contribution in [3.8, 4) is 0 Å². The SMILES string of the molecule is CC(=O)Nc1ccc(NC(=O)c2ccnc(Nc3ccccc3C(C)C)n2)cc1. The van der Waals surface area contributed by atoms with Gasteiger partial charge in [-0.05, 0) is 47.9 Å². The molecule has 29 heavy (non-hydrogen) atoms. The number of nitrogens with one attached hydrogen (secondary N) is 3. The number of aromatic nitrogens is 2. The lowest BCUT2D eigenvalue weighted by molar-refractivity contribution is -0.114. The van der Waals surface area contributed by atoms with E-state index in [-0.39, 0.29) is 17.5 Å². The van der Waals surface area contributed by atoms with Gasteiger partial charge in [-0.1, -0.05) is 32.0 Å². The zero-order chi connectivity index (χ0) is 20.8. The molecule has 7 heteroatoms. The van der Waals surface area contributed by atoms with E-state index < -0.39 is 0 Å². The fourth-order valence-electron chi connectivity index (χ4n) is 2.82. The third-order valence-electron chi connectivity index (χ3n) is 4.18. The van der Waals surface area contributed by atoms with Crippen molar-refractivity contribution in [1.29, 1.82) is 0 Å². The summed E-state index contributed by atoms with van der Waals surface area (Å²) in [6.07, 6.45) is 1.54. The van der Waals surface area contributed by atoms with Gasteiger partial charge in [-0.25, -0.2) is 9.97 Å². The van der Waals surface area contributed by atoms with Crippen molar-refractivity contribution in [1.82, 2.24) is 9.97 Å². The number of hydrogen-bond donors (Lipinski definition) is 3. The Morgan fingerprint density at radius 1 is 0.897 bits per heavy atom. The third-order valence-corrected chi connectivity index (χ3v) is 4.18. The zero-order valence-electron chi connectivity index (χ0n) is 16.6. The van der Waals surface area contributed by atoms with Crippen molar-refractivity contribution >= 4 is 34.8 Å². The van der Waals surface area contributed by atoms with Crippen molar-refractivity contribution in [2.24, 2.45) is 0 Å². The molecule has 0 aliphatic heterocycles. The lowest BCUT2D eigenvalue weighted by Crippen LogP contribution is -2.15. The Balaban J connectivity index is 1.72. The molecule has 148 valence electrons. The first kappa shape index (κ1) is 20.0. The smallest absolute Gasteiger partial charge is 0.274 e. The summed E-state index contributed by atoms with van der Waals surface area (Å²) < 4.78 is 0. The Labute approximate surface area is 169 Å². The van der Waals surface area contributed by atoms with Crippen molar-refractivity contribution in [2.75, 3.05) is 16.0 Å². The van der Waals surface area contributed by atoms with Gasteiger partial charge in [-0.3, -0.25) is 9.59 Å². The van der Waals surface area contributed by atoms with Gasteiger partial charge in [0.15, 0.2) is 0 Å². The monoisotopic (exact) mass is 389 g/mol. The number of anilines is 4. The first-order chi connectivity index (χ1) is 13.9. The summed E-state index contributed by atoms with van der Waals surface area (Å²) in [5.41, 5.74) is 3.56. The minimum Gasteiger partial charge on any atom is -0.326 e. The molecule has 0 fully saturated rings. The van der Waals surface area contributed by atoms with Crippen LogP contribution in [0.25, 0.3) is 0 Å². The molecule has 1 aromatic heterocycles. The molecule has 0 saturated carbocycles. The normalized spacial score (nSPS) is 10.5. The van der Waals surface area contributed by atoms with Gasteiger partial charge in [0.2, 0.25) is 11.9 Å². The van der Waals surface area contributed by atoms with E-state index in [0.29, 0.717) is 23.2 Å². The number of hydrogen-bond acceptors (Lipinski definition) is 5. The maximum atomic E-state index is 12.6. The van der Waals surface area contributed by atoms with Crippen LogP contribution in [0.1, 0.15) is 42.7 Å². The highest BCUT2D eigenvalue weighted by molar-refractivity contribution is 6.03. The summed E-state index contributed by atoms with van der Waals surface area (Å²) >= 11 is 0. The minimum absolute atomic E-state index is 0.151. The standard InChI is InChI=1S/C22H23N5O2/c1-14(2)18-6-4-5-7-19(18)26-22-23-13-12-20(27-22)21(29)25-17-10-8-16(9-11-17)24-15(3)28/h4-14H,1-3H3,(H,24,28)(H,25,29)(H,23,26,27). The number of rotatable bonds is 6. The second kappa shape index (κ2) is 8.97. The van der Waals surface area contributed by atoms with Gasteiger partial charge >= 0.3 is 0 Å². The summed E-state index contributed by atoms with van der Waals surface area (Å²) in [5.74, 6) is 0.194. The van der Waals surface area contributed by atoms with Crippen LogP contribution in [0.15, 0.2) is 60.8 Å². The molecule has 0 spiro atoms. The molecule has 0 radical (unpaired) electrons. The molecule has 1 heterocycles. The van der Waals surface area contributed by atoms with Crippen LogP contribution in [-0.2, 0) is 4.79 Å². The van der Waals surface area contributed by atoms with Crippen molar-refractivity contribution in [3.63, 3.8) is 0 Å². The molecule has 0 atom stereocenters. The van der Waals surface area contributed by atoms with Crippen LogP contribution in [0, 0.1) is 0 Å². The van der Waals surface area contributed by atoms with Crippen LogP contribution in [-0.4, -0.2) is 21.8 Å². The van der Waals surface area contributed by atoms with Crippen LogP contribution < -0.4 is 16.0 Å². The molecule has 0 bridgehead atoms. The number of carbonyl (C=O) groups is 2. The Kier molecular flexibility index (Phi) is 6.19. The Bertz CT molecular complexity index is 1020. The summed E-state index contributed by atoms with van der Waals surface area (Å²) in [4.78, 5) is 32.2. The van der Waals surface area contributed by atoms with E-state index in [1.165, 1.54) is 6.92 Å². The molecule has 2 amide bonds. The molecule has 7 nitrogen and oxygen atoms in total. The quantitative estimate of drug-likeness (QED) is 0.575. The molecule has 3 rings (SSSR count). The molecule has 0 unspecified atom stereocenters. The molecule has 3 N–H and O–H groups in total. The molecule has 3 aromatic rings. The molecule has 0 aliphatic rings. The van der Waals surface area contributed by atoms with Gasteiger partial charge < -0.3 is 16.0 Å². The van der Waals surface area contributed by atoms with Crippen LogP contribution in [0.2, 0.25) is 0 Å². The number of carbonyl (C=O) groups excluding carboxylic acids is 2. The first-order valence-electron chi connectivity index (χ1n) is 9.30. The molecule has 0 aliphatic carbocycles. The van der Waals surface area contributed by atoms with Gasteiger partial charge in [-0.2, -0.15) is 0 Å². The lowest BCUT2D eigenvalue weighted by atomic mass is 10.0. The third kappa shape index (κ3) is 5.38. The second-order valence-electron chi connectivity index (χ2n) is 6.85. The predicted molar refractivity (Wildman–Crippen MR) is 115 cm³/mol. The van der Waals surface area contributed by atoms with Crippen molar-refractivity contribution in [3.05, 3.63) is 72.1 Å². The lowest BCUT2D eigenvalue weighted by Gasteiger charge is -2.13. The molecule has 0 saturated heterocycles. The maximum absolute atomic E-state index is 12.6. The summed E-state index contributed by atoms with van der Waals surface area (Å²) in [5, 5.41) is 8.67. The highest BCUT2D eigenvalue weighted by atomic mass is 16.2. The second-order valence-corrected chi connectivity index (χ2v) is 6.85. The highest BCUT2D eigenvalue weighted by Gasteiger charge is 2.11. The Morgan fingerprint density at radius 3 is 2.21 bits per heavy atom.